The third kappa shape index (κ3) is 3.97. The second kappa shape index (κ2) is 8.85. The molecule has 1 aliphatic rings. The average molecular weight is 475 g/mol. The summed E-state index contributed by atoms with van der Waals surface area (Å²) in [6.45, 7) is 5.76. The molecule has 4 aromatic rings. The summed E-state index contributed by atoms with van der Waals surface area (Å²) >= 11 is 0. The van der Waals surface area contributed by atoms with Crippen LogP contribution in [0.15, 0.2) is 83.8 Å². The van der Waals surface area contributed by atoms with Crippen LogP contribution in [0.3, 0.4) is 0 Å². The van der Waals surface area contributed by atoms with E-state index in [1.807, 2.05) is 6.08 Å². The molecular weight excluding hydrogens is 447 g/mol. The van der Waals surface area contributed by atoms with E-state index >= 15 is 0 Å². The highest BCUT2D eigenvalue weighted by Crippen LogP contribution is 2.36. The van der Waals surface area contributed by atoms with Gasteiger partial charge in [0.25, 0.3) is 0 Å². The average Bonchev–Trinajstić information content (AvgIpc) is 3.12. The lowest BCUT2D eigenvalue weighted by Crippen LogP contribution is -2.34. The smallest absolute Gasteiger partial charge is 0.243 e. The van der Waals surface area contributed by atoms with Crippen LogP contribution in [-0.4, -0.2) is 30.4 Å². The molecule has 0 N–H and O–H groups in total. The zero-order valence-corrected chi connectivity index (χ0v) is 20.1. The van der Waals surface area contributed by atoms with E-state index in [0.717, 1.165) is 6.54 Å². The molecule has 2 heterocycles. The van der Waals surface area contributed by atoms with Gasteiger partial charge in [0, 0.05) is 41.8 Å². The number of aryl methyl sites for hydroxylation is 1. The maximum Gasteiger partial charge on any atom is 0.243 e. The zero-order chi connectivity index (χ0) is 23.9. The molecule has 34 heavy (non-hydrogen) atoms. The number of aromatic nitrogens is 1. The molecule has 0 spiro atoms. The number of fused-ring (bicyclic) bond motifs is 1. The maximum atomic E-state index is 13.3. The molecule has 0 fully saturated rings. The Labute approximate surface area is 200 Å². The van der Waals surface area contributed by atoms with E-state index in [2.05, 4.69) is 66.9 Å². The summed E-state index contributed by atoms with van der Waals surface area (Å²) in [4.78, 5) is 0.122. The number of hydrogen-bond donors (Lipinski definition) is 0. The first kappa shape index (κ1) is 22.6. The van der Waals surface area contributed by atoms with E-state index in [4.69, 9.17) is 0 Å². The third-order valence-electron chi connectivity index (χ3n) is 6.76. The molecule has 0 bridgehead atoms. The van der Waals surface area contributed by atoms with E-state index in [1.165, 1.54) is 67.4 Å². The fourth-order valence-corrected chi connectivity index (χ4v) is 6.23. The van der Waals surface area contributed by atoms with Crippen molar-refractivity contribution in [3.63, 3.8) is 0 Å². The van der Waals surface area contributed by atoms with Gasteiger partial charge in [-0.05, 0) is 67.3 Å². The summed E-state index contributed by atoms with van der Waals surface area (Å²) in [5.41, 5.74) is 7.28. The highest BCUT2D eigenvalue weighted by molar-refractivity contribution is 7.89. The second-order valence-corrected chi connectivity index (χ2v) is 10.7. The van der Waals surface area contributed by atoms with Crippen LogP contribution in [0.2, 0.25) is 0 Å². The third-order valence-corrected chi connectivity index (χ3v) is 8.64. The Balaban J connectivity index is 1.50. The molecule has 0 amide bonds. The van der Waals surface area contributed by atoms with Crippen molar-refractivity contribution in [3.05, 3.63) is 107 Å². The second-order valence-electron chi connectivity index (χ2n) is 8.79. The van der Waals surface area contributed by atoms with Crippen LogP contribution >= 0.6 is 0 Å². The fourth-order valence-electron chi connectivity index (χ4n) is 4.85. The number of nitrogens with zero attached hydrogens (tertiary/aromatic N) is 2. The number of rotatable bonds is 5. The van der Waals surface area contributed by atoms with Crippen molar-refractivity contribution < 1.29 is 12.8 Å². The Kier molecular flexibility index (Phi) is 5.88. The molecule has 1 aliphatic heterocycles. The van der Waals surface area contributed by atoms with Gasteiger partial charge >= 0.3 is 0 Å². The van der Waals surface area contributed by atoms with Crippen LogP contribution in [-0.2, 0) is 16.6 Å². The van der Waals surface area contributed by atoms with Crippen LogP contribution < -0.4 is 0 Å². The largest absolute Gasteiger partial charge is 0.340 e. The molecule has 5 rings (SSSR count). The van der Waals surface area contributed by atoms with Gasteiger partial charge < -0.3 is 4.57 Å². The van der Waals surface area contributed by atoms with Crippen molar-refractivity contribution in [2.45, 2.75) is 31.7 Å². The normalized spacial score (nSPS) is 15.0. The van der Waals surface area contributed by atoms with E-state index in [1.54, 1.807) is 0 Å². The Hall–Kier alpha value is -3.22. The summed E-state index contributed by atoms with van der Waals surface area (Å²) in [7, 11) is -3.66. The SMILES string of the molecule is Cc1ccccc1Cn1c(C)c(C2=CCN(S(=O)(=O)c3ccc(F)cc3)CC2)c2ccccc21. The van der Waals surface area contributed by atoms with Gasteiger partial charge in [-0.15, -0.1) is 0 Å². The molecule has 4 nitrogen and oxygen atoms in total. The Morgan fingerprint density at radius 2 is 1.62 bits per heavy atom. The number of halogens is 1. The van der Waals surface area contributed by atoms with Crippen LogP contribution in [0.4, 0.5) is 4.39 Å². The molecule has 0 aliphatic carbocycles. The number of benzene rings is 3. The van der Waals surface area contributed by atoms with Gasteiger partial charge in [0.05, 0.1) is 4.90 Å². The van der Waals surface area contributed by atoms with E-state index < -0.39 is 15.8 Å². The van der Waals surface area contributed by atoms with Crippen molar-refractivity contribution in [1.29, 1.82) is 0 Å². The van der Waals surface area contributed by atoms with Gasteiger partial charge in [-0.2, -0.15) is 4.31 Å². The molecule has 0 radical (unpaired) electrons. The molecule has 0 saturated heterocycles. The molecule has 0 unspecified atom stereocenters. The lowest BCUT2D eigenvalue weighted by molar-refractivity contribution is 0.441. The molecule has 0 saturated carbocycles. The van der Waals surface area contributed by atoms with Gasteiger partial charge in [0.1, 0.15) is 5.82 Å². The van der Waals surface area contributed by atoms with Crippen molar-refractivity contribution in [3.8, 4) is 0 Å². The molecule has 1 aromatic heterocycles. The summed E-state index contributed by atoms with van der Waals surface area (Å²) in [6.07, 6.45) is 2.65. The lowest BCUT2D eigenvalue weighted by atomic mass is 9.97. The van der Waals surface area contributed by atoms with Crippen molar-refractivity contribution in [1.82, 2.24) is 8.87 Å². The first-order valence-electron chi connectivity index (χ1n) is 11.4. The first-order valence-corrected chi connectivity index (χ1v) is 12.9. The highest BCUT2D eigenvalue weighted by atomic mass is 32.2. The Morgan fingerprint density at radius 1 is 0.912 bits per heavy atom. The predicted molar refractivity (Wildman–Crippen MR) is 135 cm³/mol. The van der Waals surface area contributed by atoms with Crippen LogP contribution in [0.1, 0.15) is 28.8 Å². The standard InChI is InChI=1S/C28H27FN2O2S/c1-20-7-3-4-8-23(20)19-31-21(2)28(26-9-5-6-10-27(26)31)22-15-17-30(18-16-22)34(32,33)25-13-11-24(29)12-14-25/h3-15H,16-19H2,1-2H3. The van der Waals surface area contributed by atoms with Gasteiger partial charge in [-0.1, -0.05) is 48.5 Å². The van der Waals surface area contributed by atoms with Gasteiger partial charge in [-0.3, -0.25) is 0 Å². The summed E-state index contributed by atoms with van der Waals surface area (Å²) in [5, 5.41) is 1.19. The van der Waals surface area contributed by atoms with Crippen LogP contribution in [0.25, 0.3) is 16.5 Å². The van der Waals surface area contributed by atoms with Crippen LogP contribution in [0, 0.1) is 19.7 Å². The van der Waals surface area contributed by atoms with Gasteiger partial charge in [-0.25, -0.2) is 12.8 Å². The Morgan fingerprint density at radius 3 is 2.32 bits per heavy atom. The maximum absolute atomic E-state index is 13.3. The molecular formula is C28H27FN2O2S. The summed E-state index contributed by atoms with van der Waals surface area (Å²) in [6, 6.07) is 21.9. The lowest BCUT2D eigenvalue weighted by Gasteiger charge is -2.26. The van der Waals surface area contributed by atoms with E-state index in [9.17, 15) is 12.8 Å². The van der Waals surface area contributed by atoms with Crippen molar-refractivity contribution in [2.75, 3.05) is 13.1 Å². The topological polar surface area (TPSA) is 42.3 Å². The van der Waals surface area contributed by atoms with Crippen LogP contribution in [0.5, 0.6) is 0 Å². The number of sulfonamides is 1. The summed E-state index contributed by atoms with van der Waals surface area (Å²) < 4.78 is 43.1. The monoisotopic (exact) mass is 474 g/mol. The van der Waals surface area contributed by atoms with E-state index in [-0.39, 0.29) is 4.90 Å². The Bertz CT molecular complexity index is 1500. The first-order chi connectivity index (χ1) is 16.4. The fraction of sp³-hybridized carbons (Fsp3) is 0.214. The van der Waals surface area contributed by atoms with Gasteiger partial charge in [0.15, 0.2) is 0 Å². The van der Waals surface area contributed by atoms with Crippen molar-refractivity contribution in [2.24, 2.45) is 0 Å². The summed E-state index contributed by atoms with van der Waals surface area (Å²) in [5.74, 6) is -0.447. The minimum atomic E-state index is -3.66. The molecule has 0 atom stereocenters. The van der Waals surface area contributed by atoms with E-state index in [0.29, 0.717) is 19.5 Å². The zero-order valence-electron chi connectivity index (χ0n) is 19.3. The number of para-hydroxylation sites is 1. The van der Waals surface area contributed by atoms with Gasteiger partial charge in [0.2, 0.25) is 10.0 Å². The molecule has 174 valence electrons. The quantitative estimate of drug-likeness (QED) is 0.360. The van der Waals surface area contributed by atoms with Crippen molar-refractivity contribution >= 4 is 26.5 Å². The number of hydrogen-bond acceptors (Lipinski definition) is 2. The molecule has 6 heteroatoms. The predicted octanol–water partition coefficient (Wildman–Crippen LogP) is 5.92. The highest BCUT2D eigenvalue weighted by Gasteiger charge is 2.28. The molecule has 3 aromatic carbocycles. The minimum absolute atomic E-state index is 0.122. The minimum Gasteiger partial charge on any atom is -0.340 e.